The molecule has 1 aliphatic heterocycles. The second-order valence-corrected chi connectivity index (χ2v) is 21.7. The van der Waals surface area contributed by atoms with Gasteiger partial charge in [-0.2, -0.15) is 0 Å². The van der Waals surface area contributed by atoms with Crippen LogP contribution in [0.1, 0.15) is 91.6 Å². The van der Waals surface area contributed by atoms with Gasteiger partial charge in [0.25, 0.3) is 0 Å². The molecule has 9 aromatic carbocycles. The average molecular weight is 892 g/mol. The molecule has 0 atom stereocenters. The van der Waals surface area contributed by atoms with Gasteiger partial charge in [-0.3, -0.25) is 0 Å². The summed E-state index contributed by atoms with van der Waals surface area (Å²) in [7, 11) is 0. The van der Waals surface area contributed by atoms with Crippen LogP contribution < -0.4 is 9.64 Å². The summed E-state index contributed by atoms with van der Waals surface area (Å²) in [5.74, 6) is 1.02. The number of nitrogens with zero attached hydrogens (tertiary/aromatic N) is 1. The highest BCUT2D eigenvalue weighted by molar-refractivity contribution is 6.19. The van der Waals surface area contributed by atoms with Gasteiger partial charge in [0.2, 0.25) is 0 Å². The van der Waals surface area contributed by atoms with Gasteiger partial charge in [0.1, 0.15) is 23.5 Å². The molecule has 69 heavy (non-hydrogen) atoms. The lowest BCUT2D eigenvalue weighted by atomic mass is 9.71. The van der Waals surface area contributed by atoms with Crippen molar-refractivity contribution in [2.45, 2.75) is 78.2 Å². The zero-order valence-electron chi connectivity index (χ0n) is 40.6. The Bertz CT molecular complexity index is 3880. The molecule has 3 nitrogen and oxygen atoms in total. The van der Waals surface area contributed by atoms with Crippen molar-refractivity contribution in [3.8, 4) is 61.4 Å². The second kappa shape index (κ2) is 13.8. The average Bonchev–Trinajstić information content (AvgIpc) is 4.00. The van der Waals surface area contributed by atoms with Crippen molar-refractivity contribution < 1.29 is 9.15 Å². The zero-order chi connectivity index (χ0) is 46.9. The monoisotopic (exact) mass is 891 g/mol. The van der Waals surface area contributed by atoms with E-state index >= 15 is 0 Å². The number of aryl methyl sites for hydroxylation is 2. The zero-order valence-corrected chi connectivity index (χ0v) is 40.6. The molecule has 0 saturated carbocycles. The smallest absolute Gasteiger partial charge is 0.143 e. The van der Waals surface area contributed by atoms with Gasteiger partial charge in [-0.1, -0.05) is 168 Å². The molecule has 1 aromatic heterocycles. The largest absolute Gasteiger partial charge is 0.488 e. The van der Waals surface area contributed by atoms with Crippen LogP contribution in [-0.4, -0.2) is 0 Å². The SMILES string of the molecule is Cc1ccc(-c2cc3c(c4c2oc2ccccc24)-c2ccc(N(c4ccc(C)cc4)c4ccc5c(c4)C(C)(C)c4c-5c5c(c6c4C(C)(C)c4ccccc4-6)-c4ccccc4CO5)cc2C3(C)C)cc1. The van der Waals surface area contributed by atoms with E-state index in [0.29, 0.717) is 6.61 Å². The fourth-order valence-corrected chi connectivity index (χ4v) is 13.2. The summed E-state index contributed by atoms with van der Waals surface area (Å²) >= 11 is 0. The van der Waals surface area contributed by atoms with Crippen molar-refractivity contribution in [3.63, 3.8) is 0 Å². The first-order valence-corrected chi connectivity index (χ1v) is 24.6. The van der Waals surface area contributed by atoms with Gasteiger partial charge in [0, 0.05) is 60.8 Å². The van der Waals surface area contributed by atoms with E-state index in [0.717, 1.165) is 44.9 Å². The Balaban J connectivity index is 0.972. The number of benzene rings is 9. The van der Waals surface area contributed by atoms with Crippen molar-refractivity contribution in [1.29, 1.82) is 0 Å². The first-order chi connectivity index (χ1) is 33.3. The number of para-hydroxylation sites is 1. The first kappa shape index (κ1) is 40.4. The number of fused-ring (bicyclic) bond motifs is 19. The van der Waals surface area contributed by atoms with Crippen molar-refractivity contribution in [2.75, 3.05) is 4.90 Å². The Labute approximate surface area is 404 Å². The van der Waals surface area contributed by atoms with Gasteiger partial charge in [-0.05, 0) is 140 Å². The van der Waals surface area contributed by atoms with Crippen molar-refractivity contribution in [3.05, 3.63) is 214 Å². The highest BCUT2D eigenvalue weighted by atomic mass is 16.5. The molecule has 14 rings (SSSR count). The Kier molecular flexibility index (Phi) is 8.07. The van der Waals surface area contributed by atoms with Crippen LogP contribution in [0, 0.1) is 13.8 Å². The van der Waals surface area contributed by atoms with Crippen molar-refractivity contribution >= 4 is 39.0 Å². The number of hydrogen-bond acceptors (Lipinski definition) is 3. The van der Waals surface area contributed by atoms with E-state index < -0.39 is 0 Å². The van der Waals surface area contributed by atoms with Gasteiger partial charge in [0.05, 0.1) is 0 Å². The molecule has 0 fully saturated rings. The van der Waals surface area contributed by atoms with E-state index in [2.05, 4.69) is 224 Å². The highest BCUT2D eigenvalue weighted by Crippen LogP contribution is 2.66. The Morgan fingerprint density at radius 2 is 1.00 bits per heavy atom. The van der Waals surface area contributed by atoms with Crippen LogP contribution >= 0.6 is 0 Å². The molecule has 10 aromatic rings. The number of anilines is 3. The lowest BCUT2D eigenvalue weighted by molar-refractivity contribution is 0.303. The number of hydrogen-bond donors (Lipinski definition) is 0. The third kappa shape index (κ3) is 5.34. The lowest BCUT2D eigenvalue weighted by Gasteiger charge is -2.34. The molecule has 0 amide bonds. The fourth-order valence-electron chi connectivity index (χ4n) is 13.2. The molecule has 0 radical (unpaired) electrons. The summed E-state index contributed by atoms with van der Waals surface area (Å²) < 4.78 is 13.9. The Morgan fingerprint density at radius 3 is 1.74 bits per heavy atom. The standard InChI is InChI=1S/C66H53NO2/c1-37-21-25-39(26-22-37)49-35-53-55(58-48-18-12-14-20-54(48)69-62(49)58)46-31-29-42(33-51(46)64(53,3)4)67(41-27-23-38(2)24-28-41)43-30-32-47-52(34-43)66(7,8)61-59(47)63-57(44-16-10-9-15-40(44)36-68-63)56-45-17-11-13-19-50(45)65(5,6)60(56)61/h9-35H,36H2,1-8H3. The molecular formula is C66H53NO2. The van der Waals surface area contributed by atoms with Crippen LogP contribution in [0.2, 0.25) is 0 Å². The van der Waals surface area contributed by atoms with E-state index in [9.17, 15) is 0 Å². The molecule has 0 spiro atoms. The molecular weight excluding hydrogens is 839 g/mol. The van der Waals surface area contributed by atoms with E-state index in [4.69, 9.17) is 9.15 Å². The summed E-state index contributed by atoms with van der Waals surface area (Å²) in [6.45, 7) is 19.4. The van der Waals surface area contributed by atoms with Crippen molar-refractivity contribution in [2.24, 2.45) is 0 Å². The maximum Gasteiger partial charge on any atom is 0.143 e. The Hall–Kier alpha value is -7.62. The summed E-state index contributed by atoms with van der Waals surface area (Å²) in [6.07, 6.45) is 0. The van der Waals surface area contributed by atoms with Crippen LogP contribution in [0.3, 0.4) is 0 Å². The summed E-state index contributed by atoms with van der Waals surface area (Å²) in [5.41, 5.74) is 28.9. The minimum absolute atomic E-state index is 0.211. The number of ether oxygens (including phenoxy) is 1. The van der Waals surface area contributed by atoms with Crippen LogP contribution in [0.4, 0.5) is 17.1 Å². The molecule has 2 heterocycles. The lowest BCUT2D eigenvalue weighted by Crippen LogP contribution is -2.25. The molecule has 3 aliphatic carbocycles. The van der Waals surface area contributed by atoms with E-state index in [1.807, 2.05) is 0 Å². The first-order valence-electron chi connectivity index (χ1n) is 24.6. The van der Waals surface area contributed by atoms with Crippen LogP contribution in [0.25, 0.3) is 77.6 Å². The molecule has 334 valence electrons. The van der Waals surface area contributed by atoms with Gasteiger partial charge in [0.15, 0.2) is 0 Å². The molecule has 0 saturated heterocycles. The van der Waals surface area contributed by atoms with Crippen LogP contribution in [0.15, 0.2) is 168 Å². The number of furan rings is 1. The van der Waals surface area contributed by atoms with Crippen molar-refractivity contribution in [1.82, 2.24) is 0 Å². The minimum atomic E-state index is -0.326. The quantitative estimate of drug-likeness (QED) is 0.176. The predicted octanol–water partition coefficient (Wildman–Crippen LogP) is 17.8. The van der Waals surface area contributed by atoms with E-state index in [1.165, 1.54) is 106 Å². The molecule has 0 unspecified atom stereocenters. The summed E-state index contributed by atoms with van der Waals surface area (Å²) in [6, 6.07) is 61.2. The molecule has 3 heteroatoms. The topological polar surface area (TPSA) is 25.6 Å². The fraction of sp³-hybridized carbons (Fsp3) is 0.182. The maximum atomic E-state index is 7.03. The Morgan fingerprint density at radius 1 is 0.435 bits per heavy atom. The van der Waals surface area contributed by atoms with Gasteiger partial charge in [-0.15, -0.1) is 0 Å². The van der Waals surface area contributed by atoms with Gasteiger partial charge >= 0.3 is 0 Å². The maximum absolute atomic E-state index is 7.03. The highest BCUT2D eigenvalue weighted by Gasteiger charge is 2.50. The van der Waals surface area contributed by atoms with Crippen LogP contribution in [0.5, 0.6) is 5.75 Å². The minimum Gasteiger partial charge on any atom is -0.488 e. The predicted molar refractivity (Wildman–Crippen MR) is 286 cm³/mol. The van der Waals surface area contributed by atoms with E-state index in [1.54, 1.807) is 0 Å². The third-order valence-corrected chi connectivity index (χ3v) is 16.6. The summed E-state index contributed by atoms with van der Waals surface area (Å²) in [4.78, 5) is 2.48. The van der Waals surface area contributed by atoms with Gasteiger partial charge in [-0.25, -0.2) is 0 Å². The third-order valence-electron chi connectivity index (χ3n) is 16.6. The number of rotatable bonds is 4. The summed E-state index contributed by atoms with van der Waals surface area (Å²) in [5, 5.41) is 2.35. The molecule has 0 N–H and O–H groups in total. The van der Waals surface area contributed by atoms with Crippen LogP contribution in [-0.2, 0) is 22.9 Å². The molecule has 4 aliphatic rings. The van der Waals surface area contributed by atoms with E-state index in [-0.39, 0.29) is 16.2 Å². The molecule has 0 bridgehead atoms. The second-order valence-electron chi connectivity index (χ2n) is 21.7. The van der Waals surface area contributed by atoms with Gasteiger partial charge < -0.3 is 14.1 Å². The normalized spacial score (nSPS) is 15.7.